The number of ether oxygens (including phenoxy) is 1. The molecule has 6 atom stereocenters. The zero-order valence-corrected chi connectivity index (χ0v) is 30.3. The summed E-state index contributed by atoms with van der Waals surface area (Å²) in [5, 5.41) is 15.7. The van der Waals surface area contributed by atoms with E-state index in [-0.39, 0.29) is 31.6 Å². The highest BCUT2D eigenvalue weighted by Gasteiger charge is 2.64. The first-order valence-corrected chi connectivity index (χ1v) is 19.5. The molecule has 4 aliphatic rings. The Morgan fingerprint density at radius 2 is 1.80 bits per heavy atom. The van der Waals surface area contributed by atoms with Crippen molar-refractivity contribution in [3.63, 3.8) is 0 Å². The van der Waals surface area contributed by atoms with E-state index < -0.39 is 73.5 Å². The number of hydrogen-bond donors (Lipinski definition) is 3. The fourth-order valence-electron chi connectivity index (χ4n) is 7.64. The molecule has 2 fully saturated rings. The van der Waals surface area contributed by atoms with Crippen molar-refractivity contribution in [2.24, 2.45) is 11.8 Å². The molecule has 3 N–H and O–H groups in total. The van der Waals surface area contributed by atoms with Crippen LogP contribution in [0.4, 0.5) is 4.79 Å². The number of carbonyl (C=O) groups excluding carboxylic acids is 3. The maximum absolute atomic E-state index is 14.6. The number of nitrogens with one attached hydrogen (secondary N) is 2. The third kappa shape index (κ3) is 7.85. The number of carbonyl (C=O) groups is 4. The molecule has 2 aliphatic heterocycles. The van der Waals surface area contributed by atoms with Crippen LogP contribution in [0.1, 0.15) is 91.0 Å². The second kappa shape index (κ2) is 14.7. The molecular weight excluding hydrogens is 658 g/mol. The summed E-state index contributed by atoms with van der Waals surface area (Å²) in [6.45, 7) is 6.64. The monoisotopic (exact) mass is 709 g/mol. The lowest BCUT2D eigenvalue weighted by Gasteiger charge is -2.36. The predicted molar refractivity (Wildman–Crippen MR) is 191 cm³/mol. The summed E-state index contributed by atoms with van der Waals surface area (Å²) in [6, 6.07) is 7.38. The van der Waals surface area contributed by atoms with Crippen LogP contribution in [-0.4, -0.2) is 82.6 Å². The number of benzene rings is 1. The van der Waals surface area contributed by atoms with Gasteiger partial charge in [-0.1, -0.05) is 80.5 Å². The van der Waals surface area contributed by atoms with Gasteiger partial charge in [0.05, 0.1) is 10.5 Å². The molecule has 3 amide bonds. The summed E-state index contributed by atoms with van der Waals surface area (Å²) in [6.07, 6.45) is 12.5. The number of hydrogen-bond acceptors (Lipinski definition) is 7. The van der Waals surface area contributed by atoms with Crippen LogP contribution in [0, 0.1) is 11.8 Å². The van der Waals surface area contributed by atoms with Gasteiger partial charge >= 0.3 is 12.1 Å². The van der Waals surface area contributed by atoms with Gasteiger partial charge in [-0.25, -0.2) is 18.0 Å². The van der Waals surface area contributed by atoms with Crippen molar-refractivity contribution < 1.29 is 37.4 Å². The van der Waals surface area contributed by atoms with Crippen LogP contribution in [0.15, 0.2) is 60.7 Å². The van der Waals surface area contributed by atoms with Gasteiger partial charge in [0.2, 0.25) is 11.8 Å². The molecule has 1 aromatic carbocycles. The van der Waals surface area contributed by atoms with Crippen molar-refractivity contribution in [1.82, 2.24) is 15.5 Å². The van der Waals surface area contributed by atoms with Gasteiger partial charge in [-0.2, -0.15) is 0 Å². The number of allylic oxidation sites excluding steroid dienone is 5. The lowest BCUT2D eigenvalue weighted by molar-refractivity contribution is -0.145. The summed E-state index contributed by atoms with van der Waals surface area (Å²) in [5.41, 5.74) is -0.430. The van der Waals surface area contributed by atoms with Gasteiger partial charge in [-0.3, -0.25) is 9.59 Å². The van der Waals surface area contributed by atoms with Crippen molar-refractivity contribution in [3.05, 3.63) is 66.3 Å². The number of carboxylic acid groups (broad SMARTS) is 1. The first kappa shape index (κ1) is 37.3. The molecule has 11 nitrogen and oxygen atoms in total. The standard InChI is InChI=1S/C38H51N3O8S/c1-5-22-50(47,48)37(28-20-18-27(19-21-28)26-14-10-9-11-15-26)24-31-32(42)40-38(34(44)45)23-29(38)16-12-7-6-8-13-17-30(33(43)41(31)25-37)39-35(46)49-36(2,3)4/h9-12,14-16,18-20,28-31H,5-8,13,17,21-25H2,1-4H3,(H,39,46)(H,40,42)(H,44,45)/b16-12-/t28?,29-,30+,31+,37+,38-/m1/s1. The molecule has 1 saturated heterocycles. The SMILES string of the molecule is CCCS(=O)(=O)[C@@]1(C2C=CC(c3ccccc3)=CC2)C[C@H]2C(=O)N[C@]3(C(=O)O)C[C@H]3/C=C\CCCCC[C@H](NC(=O)OC(C)(C)C)C(=O)N2C1. The smallest absolute Gasteiger partial charge is 0.408 e. The molecule has 2 heterocycles. The second-order valence-electron chi connectivity index (χ2n) is 15.1. The highest BCUT2D eigenvalue weighted by Crippen LogP contribution is 2.48. The fourth-order valence-corrected chi connectivity index (χ4v) is 9.97. The summed E-state index contributed by atoms with van der Waals surface area (Å²) < 4.78 is 32.9. The number of carboxylic acids is 1. The maximum Gasteiger partial charge on any atom is 0.408 e. The molecule has 1 aromatic rings. The van der Waals surface area contributed by atoms with Gasteiger partial charge in [0.1, 0.15) is 23.2 Å². The first-order valence-electron chi connectivity index (χ1n) is 17.8. The lowest BCUT2D eigenvalue weighted by atomic mass is 9.82. The second-order valence-corrected chi connectivity index (χ2v) is 17.6. The number of nitrogens with zero attached hydrogens (tertiary/aromatic N) is 1. The van der Waals surface area contributed by atoms with Crippen LogP contribution in [0.2, 0.25) is 0 Å². The van der Waals surface area contributed by atoms with E-state index in [2.05, 4.69) is 10.6 Å². The largest absolute Gasteiger partial charge is 0.479 e. The van der Waals surface area contributed by atoms with E-state index in [1.54, 1.807) is 27.7 Å². The van der Waals surface area contributed by atoms with E-state index in [1.807, 2.05) is 60.7 Å². The third-order valence-corrected chi connectivity index (χ3v) is 13.2. The van der Waals surface area contributed by atoms with Gasteiger partial charge in [0.25, 0.3) is 0 Å². The Kier molecular flexibility index (Phi) is 11.0. The van der Waals surface area contributed by atoms with Gasteiger partial charge in [0, 0.05) is 18.4 Å². The number of sulfone groups is 1. The third-order valence-electron chi connectivity index (χ3n) is 10.4. The van der Waals surface area contributed by atoms with Gasteiger partial charge in [-0.05, 0) is 76.9 Å². The van der Waals surface area contributed by atoms with Gasteiger partial charge in [-0.15, -0.1) is 0 Å². The van der Waals surface area contributed by atoms with Crippen LogP contribution in [0.5, 0.6) is 0 Å². The topological polar surface area (TPSA) is 159 Å². The van der Waals surface area contributed by atoms with E-state index in [1.165, 1.54) is 4.90 Å². The molecule has 0 aromatic heterocycles. The summed E-state index contributed by atoms with van der Waals surface area (Å²) in [5.74, 6) is -3.60. The molecule has 2 aliphatic carbocycles. The van der Waals surface area contributed by atoms with Gasteiger partial charge in [0.15, 0.2) is 9.84 Å². The summed E-state index contributed by atoms with van der Waals surface area (Å²) in [4.78, 5) is 55.8. The number of alkyl carbamates (subject to hydrolysis) is 1. The van der Waals surface area contributed by atoms with E-state index in [0.717, 1.165) is 24.0 Å². The first-order chi connectivity index (χ1) is 23.6. The lowest BCUT2D eigenvalue weighted by Crippen LogP contribution is -2.56. The average Bonchev–Trinajstić information content (AvgIpc) is 3.59. The quantitative estimate of drug-likeness (QED) is 0.327. The Morgan fingerprint density at radius 1 is 1.06 bits per heavy atom. The Morgan fingerprint density at radius 3 is 2.44 bits per heavy atom. The Balaban J connectivity index is 1.56. The highest BCUT2D eigenvalue weighted by atomic mass is 32.2. The van der Waals surface area contributed by atoms with E-state index >= 15 is 0 Å². The molecule has 0 bridgehead atoms. The zero-order valence-electron chi connectivity index (χ0n) is 29.5. The zero-order chi connectivity index (χ0) is 36.3. The fraction of sp³-hybridized carbons (Fsp3) is 0.579. The summed E-state index contributed by atoms with van der Waals surface area (Å²) in [7, 11) is -3.92. The molecule has 1 saturated carbocycles. The maximum atomic E-state index is 14.6. The van der Waals surface area contributed by atoms with Gasteiger partial charge < -0.3 is 25.4 Å². The van der Waals surface area contributed by atoms with E-state index in [4.69, 9.17) is 4.74 Å². The minimum atomic E-state index is -3.92. The van der Waals surface area contributed by atoms with Crippen LogP contribution >= 0.6 is 0 Å². The molecule has 12 heteroatoms. The molecule has 50 heavy (non-hydrogen) atoms. The predicted octanol–water partition coefficient (Wildman–Crippen LogP) is 5.18. The number of amides is 3. The Hall–Kier alpha value is -3.93. The van der Waals surface area contributed by atoms with Crippen molar-refractivity contribution in [3.8, 4) is 0 Å². The van der Waals surface area contributed by atoms with Crippen LogP contribution in [0.3, 0.4) is 0 Å². The average molecular weight is 710 g/mol. The molecule has 5 rings (SSSR count). The summed E-state index contributed by atoms with van der Waals surface area (Å²) >= 11 is 0. The van der Waals surface area contributed by atoms with Crippen LogP contribution in [-0.2, 0) is 29.0 Å². The molecule has 272 valence electrons. The van der Waals surface area contributed by atoms with Crippen LogP contribution in [0.25, 0.3) is 5.57 Å². The van der Waals surface area contributed by atoms with Crippen molar-refractivity contribution in [2.45, 2.75) is 113 Å². The Labute approximate surface area is 295 Å². The van der Waals surface area contributed by atoms with Crippen molar-refractivity contribution >= 4 is 39.3 Å². The molecule has 0 radical (unpaired) electrons. The highest BCUT2D eigenvalue weighted by molar-refractivity contribution is 7.92. The minimum absolute atomic E-state index is 0.144. The van der Waals surface area contributed by atoms with E-state index in [9.17, 15) is 32.7 Å². The number of rotatable bonds is 7. The van der Waals surface area contributed by atoms with E-state index in [0.29, 0.717) is 25.7 Å². The minimum Gasteiger partial charge on any atom is -0.479 e. The molecule has 0 spiro atoms. The van der Waals surface area contributed by atoms with Crippen LogP contribution < -0.4 is 10.6 Å². The van der Waals surface area contributed by atoms with Crippen molar-refractivity contribution in [1.29, 1.82) is 0 Å². The number of aliphatic carboxylic acids is 1. The van der Waals surface area contributed by atoms with Crippen molar-refractivity contribution in [2.75, 3.05) is 12.3 Å². The Bertz CT molecular complexity index is 1660. The normalized spacial score (nSPS) is 31.2. The number of fused-ring (bicyclic) bond motifs is 2. The molecular formula is C38H51N3O8S. The molecule has 1 unspecified atom stereocenters.